The summed E-state index contributed by atoms with van der Waals surface area (Å²) in [6.45, 7) is 2.20. The Kier molecular flexibility index (Phi) is 3.08. The lowest BCUT2D eigenvalue weighted by molar-refractivity contribution is 0.400. The summed E-state index contributed by atoms with van der Waals surface area (Å²) in [7, 11) is 1.73. The van der Waals surface area contributed by atoms with Crippen LogP contribution < -0.4 is 4.74 Å². The third-order valence-electron chi connectivity index (χ3n) is 2.57. The molecule has 0 amide bonds. The molecule has 1 saturated heterocycles. The van der Waals surface area contributed by atoms with Crippen molar-refractivity contribution >= 4 is 15.9 Å². The van der Waals surface area contributed by atoms with Crippen LogP contribution in [0.25, 0.3) is 0 Å². The van der Waals surface area contributed by atoms with Crippen LogP contribution in [0.2, 0.25) is 0 Å². The van der Waals surface area contributed by atoms with Gasteiger partial charge in [0.1, 0.15) is 5.75 Å². The average Bonchev–Trinajstić information content (AvgIpc) is 2.97. The van der Waals surface area contributed by atoms with Crippen LogP contribution >= 0.6 is 15.9 Å². The van der Waals surface area contributed by atoms with Crippen LogP contribution in [0.4, 0.5) is 0 Å². The normalized spacial score (nSPS) is 24.7. The fourth-order valence-electron chi connectivity index (χ4n) is 1.62. The molecule has 0 radical (unpaired) electrons. The van der Waals surface area contributed by atoms with Crippen LogP contribution in [0, 0.1) is 0 Å². The van der Waals surface area contributed by atoms with E-state index in [9.17, 15) is 0 Å². The van der Waals surface area contributed by atoms with E-state index >= 15 is 0 Å². The molecule has 14 heavy (non-hydrogen) atoms. The van der Waals surface area contributed by atoms with Gasteiger partial charge < -0.3 is 4.74 Å². The Balaban J connectivity index is 2.02. The van der Waals surface area contributed by atoms with Gasteiger partial charge in [-0.3, -0.25) is 4.90 Å². The molecule has 1 unspecified atom stereocenters. The summed E-state index contributed by atoms with van der Waals surface area (Å²) in [4.78, 5) is 2.42. The van der Waals surface area contributed by atoms with Crippen molar-refractivity contribution in [2.45, 2.75) is 12.6 Å². The van der Waals surface area contributed by atoms with E-state index in [-0.39, 0.29) is 0 Å². The molecule has 0 spiro atoms. The maximum absolute atomic E-state index is 5.30. The van der Waals surface area contributed by atoms with E-state index in [0.29, 0.717) is 0 Å². The van der Waals surface area contributed by atoms with Gasteiger partial charge >= 0.3 is 0 Å². The van der Waals surface area contributed by atoms with Crippen LogP contribution in [0.15, 0.2) is 24.3 Å². The summed E-state index contributed by atoms with van der Waals surface area (Å²) in [6, 6.07) is 8.93. The molecule has 1 aromatic carbocycles. The highest BCUT2D eigenvalue weighted by atomic mass is 79.9. The van der Waals surface area contributed by atoms with Gasteiger partial charge in [-0.2, -0.15) is 0 Å². The van der Waals surface area contributed by atoms with Crippen molar-refractivity contribution in [1.82, 2.24) is 4.90 Å². The molecule has 1 aliphatic heterocycles. The molecule has 1 fully saturated rings. The molecule has 0 aliphatic carbocycles. The molecular weight excluding hydrogens is 242 g/mol. The van der Waals surface area contributed by atoms with E-state index in [1.54, 1.807) is 7.11 Å². The molecule has 76 valence electrons. The van der Waals surface area contributed by atoms with Crippen LogP contribution in [0.1, 0.15) is 5.56 Å². The van der Waals surface area contributed by atoms with Gasteiger partial charge in [0.2, 0.25) is 0 Å². The smallest absolute Gasteiger partial charge is 0.123 e. The summed E-state index contributed by atoms with van der Waals surface area (Å²) in [5, 5.41) is 1.07. The lowest BCUT2D eigenvalue weighted by atomic mass is 10.2. The second kappa shape index (κ2) is 4.32. The summed E-state index contributed by atoms with van der Waals surface area (Å²) in [6.07, 6.45) is 0. The van der Waals surface area contributed by atoms with Crippen molar-refractivity contribution in [2.75, 3.05) is 19.0 Å². The van der Waals surface area contributed by atoms with E-state index in [1.807, 2.05) is 12.1 Å². The van der Waals surface area contributed by atoms with E-state index in [0.717, 1.165) is 23.7 Å². The summed E-state index contributed by atoms with van der Waals surface area (Å²) >= 11 is 3.49. The SMILES string of the molecule is COc1ccccc1CN1C[C@H]1CBr. The van der Waals surface area contributed by atoms with Gasteiger partial charge in [-0.15, -0.1) is 0 Å². The number of rotatable bonds is 4. The Bertz CT molecular complexity index is 316. The van der Waals surface area contributed by atoms with Gasteiger partial charge in [-0.05, 0) is 6.07 Å². The lowest BCUT2D eigenvalue weighted by Crippen LogP contribution is -2.04. The summed E-state index contributed by atoms with van der Waals surface area (Å²) in [5.41, 5.74) is 1.28. The predicted molar refractivity (Wildman–Crippen MR) is 61.0 cm³/mol. The van der Waals surface area contributed by atoms with Crippen LogP contribution in [-0.2, 0) is 6.54 Å². The second-order valence-corrected chi connectivity index (χ2v) is 4.20. The molecule has 1 heterocycles. The first-order chi connectivity index (χ1) is 6.85. The molecule has 3 heteroatoms. The highest BCUT2D eigenvalue weighted by Crippen LogP contribution is 2.26. The molecule has 2 nitrogen and oxygen atoms in total. The number of halogens is 1. The predicted octanol–water partition coefficient (Wildman–Crippen LogP) is 2.27. The van der Waals surface area contributed by atoms with Crippen LogP contribution in [0.3, 0.4) is 0 Å². The number of ether oxygens (including phenoxy) is 1. The van der Waals surface area contributed by atoms with Crippen molar-refractivity contribution in [3.63, 3.8) is 0 Å². The number of para-hydroxylation sites is 1. The monoisotopic (exact) mass is 255 g/mol. The molecule has 0 N–H and O–H groups in total. The first-order valence-electron chi connectivity index (χ1n) is 4.77. The first kappa shape index (κ1) is 9.99. The number of methoxy groups -OCH3 is 1. The van der Waals surface area contributed by atoms with Gasteiger partial charge in [-0.25, -0.2) is 0 Å². The van der Waals surface area contributed by atoms with E-state index in [2.05, 4.69) is 33.0 Å². The van der Waals surface area contributed by atoms with Crippen molar-refractivity contribution in [1.29, 1.82) is 0 Å². The average molecular weight is 256 g/mol. The third kappa shape index (κ3) is 2.10. The highest BCUT2D eigenvalue weighted by molar-refractivity contribution is 9.09. The topological polar surface area (TPSA) is 12.2 Å². The molecule has 0 saturated carbocycles. The van der Waals surface area contributed by atoms with Gasteiger partial charge in [0.15, 0.2) is 0 Å². The van der Waals surface area contributed by atoms with Crippen molar-refractivity contribution in [2.24, 2.45) is 0 Å². The Hall–Kier alpha value is -0.540. The quantitative estimate of drug-likeness (QED) is 0.605. The zero-order chi connectivity index (χ0) is 9.97. The number of hydrogen-bond donors (Lipinski definition) is 0. The van der Waals surface area contributed by atoms with Crippen LogP contribution in [0.5, 0.6) is 5.75 Å². The van der Waals surface area contributed by atoms with Gasteiger partial charge in [0, 0.05) is 30.0 Å². The minimum Gasteiger partial charge on any atom is -0.496 e. The standard InChI is InChI=1S/C11H14BrNO/c1-14-11-5-3-2-4-9(11)7-13-8-10(13)6-12/h2-5,10H,6-8H2,1H3/t10-,13?/m1/s1. The zero-order valence-electron chi connectivity index (χ0n) is 8.24. The van der Waals surface area contributed by atoms with Gasteiger partial charge in [-0.1, -0.05) is 34.1 Å². The molecule has 2 atom stereocenters. The summed E-state index contributed by atoms with van der Waals surface area (Å²) in [5.74, 6) is 0.993. The largest absolute Gasteiger partial charge is 0.496 e. The maximum atomic E-state index is 5.30. The highest BCUT2D eigenvalue weighted by Gasteiger charge is 2.32. The Labute approximate surface area is 93.0 Å². The number of hydrogen-bond acceptors (Lipinski definition) is 2. The van der Waals surface area contributed by atoms with Crippen molar-refractivity contribution in [3.8, 4) is 5.75 Å². The fourth-order valence-corrected chi connectivity index (χ4v) is 2.23. The minimum absolute atomic E-state index is 0.722. The first-order valence-corrected chi connectivity index (χ1v) is 5.89. The molecular formula is C11H14BrNO. The fraction of sp³-hybridized carbons (Fsp3) is 0.455. The number of nitrogens with zero attached hydrogens (tertiary/aromatic N) is 1. The minimum atomic E-state index is 0.722. The zero-order valence-corrected chi connectivity index (χ0v) is 9.83. The van der Waals surface area contributed by atoms with E-state index < -0.39 is 0 Å². The van der Waals surface area contributed by atoms with Crippen LogP contribution in [-0.4, -0.2) is 29.9 Å². The number of benzene rings is 1. The van der Waals surface area contributed by atoms with Crippen molar-refractivity contribution in [3.05, 3.63) is 29.8 Å². The maximum Gasteiger partial charge on any atom is 0.123 e. The molecule has 2 rings (SSSR count). The Morgan fingerprint density at radius 2 is 2.29 bits per heavy atom. The van der Waals surface area contributed by atoms with Gasteiger partial charge in [0.25, 0.3) is 0 Å². The molecule has 1 aromatic rings. The Morgan fingerprint density at radius 3 is 2.93 bits per heavy atom. The molecule has 0 bridgehead atoms. The van der Waals surface area contributed by atoms with E-state index in [4.69, 9.17) is 4.74 Å². The Morgan fingerprint density at radius 1 is 1.50 bits per heavy atom. The second-order valence-electron chi connectivity index (χ2n) is 3.55. The van der Waals surface area contributed by atoms with Gasteiger partial charge in [0.05, 0.1) is 7.11 Å². The number of alkyl halides is 1. The summed E-state index contributed by atoms with van der Waals surface area (Å²) < 4.78 is 5.30. The third-order valence-corrected chi connectivity index (χ3v) is 3.32. The van der Waals surface area contributed by atoms with Crippen molar-refractivity contribution < 1.29 is 4.74 Å². The van der Waals surface area contributed by atoms with E-state index in [1.165, 1.54) is 12.1 Å². The molecule has 1 aliphatic rings. The molecule has 0 aromatic heterocycles. The lowest BCUT2D eigenvalue weighted by Gasteiger charge is -2.08.